The predicted molar refractivity (Wildman–Crippen MR) is 79.2 cm³/mol. The Kier molecular flexibility index (Phi) is 6.99. The first-order chi connectivity index (χ1) is 9.98. The van der Waals surface area contributed by atoms with E-state index in [1.807, 2.05) is 0 Å². The van der Waals surface area contributed by atoms with E-state index >= 15 is 0 Å². The fourth-order valence-corrected chi connectivity index (χ4v) is 3.63. The van der Waals surface area contributed by atoms with Gasteiger partial charge in [-0.2, -0.15) is 4.31 Å². The number of nitrogens with two attached hydrogens (primary N) is 1. The summed E-state index contributed by atoms with van der Waals surface area (Å²) in [6, 6.07) is 2.65. The molecule has 1 atom stereocenters. The maximum Gasteiger partial charge on any atom is 0.247 e. The van der Waals surface area contributed by atoms with E-state index in [2.05, 4.69) is 10.4 Å². The number of ether oxygens (including phenoxy) is 2. The lowest BCUT2D eigenvalue weighted by atomic mass is 10.3. The molecule has 8 nitrogen and oxygen atoms in total. The van der Waals surface area contributed by atoms with Gasteiger partial charge < -0.3 is 14.9 Å². The molecule has 0 saturated carbocycles. The number of nitrogens with zero attached hydrogens (tertiary/aromatic N) is 2. The summed E-state index contributed by atoms with van der Waals surface area (Å²) in [5, 5.41) is 0. The average molecular weight is 318 g/mol. The third-order valence-corrected chi connectivity index (χ3v) is 4.95. The highest BCUT2D eigenvalue weighted by atomic mass is 32.2. The molecule has 1 rings (SSSR count). The Morgan fingerprint density at radius 3 is 2.71 bits per heavy atom. The lowest BCUT2D eigenvalue weighted by Crippen LogP contribution is -2.43. The second kappa shape index (κ2) is 8.25. The lowest BCUT2D eigenvalue weighted by molar-refractivity contribution is 0.119. The number of nitrogen functional groups attached to an aromatic ring is 1. The van der Waals surface area contributed by atoms with Gasteiger partial charge in [-0.25, -0.2) is 19.2 Å². The number of anilines is 1. The number of rotatable bonds is 9. The van der Waals surface area contributed by atoms with Crippen molar-refractivity contribution in [3.8, 4) is 0 Å². The monoisotopic (exact) mass is 318 g/mol. The summed E-state index contributed by atoms with van der Waals surface area (Å²) in [5.74, 6) is 5.44. The Morgan fingerprint density at radius 2 is 2.14 bits per heavy atom. The quantitative estimate of drug-likeness (QED) is 0.489. The van der Waals surface area contributed by atoms with Crippen molar-refractivity contribution in [3.63, 3.8) is 0 Å². The molecule has 0 saturated heterocycles. The van der Waals surface area contributed by atoms with Gasteiger partial charge in [0, 0.05) is 33.0 Å². The van der Waals surface area contributed by atoms with E-state index in [-0.39, 0.29) is 36.5 Å². The molecule has 0 aliphatic rings. The van der Waals surface area contributed by atoms with Crippen molar-refractivity contribution in [2.45, 2.75) is 17.9 Å². The van der Waals surface area contributed by atoms with E-state index < -0.39 is 10.0 Å². The van der Waals surface area contributed by atoms with Crippen LogP contribution >= 0.6 is 0 Å². The molecule has 120 valence electrons. The summed E-state index contributed by atoms with van der Waals surface area (Å²) in [6.45, 7) is 2.53. The predicted octanol–water partition coefficient (Wildman–Crippen LogP) is 0.0392. The summed E-state index contributed by atoms with van der Waals surface area (Å²) >= 11 is 0. The van der Waals surface area contributed by atoms with Crippen LogP contribution in [-0.2, 0) is 19.5 Å². The maximum absolute atomic E-state index is 12.8. The lowest BCUT2D eigenvalue weighted by Gasteiger charge is -2.28. The van der Waals surface area contributed by atoms with Gasteiger partial charge in [0.05, 0.1) is 13.2 Å². The van der Waals surface area contributed by atoms with Gasteiger partial charge in [-0.1, -0.05) is 0 Å². The van der Waals surface area contributed by atoms with Gasteiger partial charge in [0.1, 0.15) is 4.90 Å². The first kappa shape index (κ1) is 17.8. The van der Waals surface area contributed by atoms with Gasteiger partial charge in [-0.15, -0.1) is 0 Å². The van der Waals surface area contributed by atoms with Crippen LogP contribution in [0.2, 0.25) is 0 Å². The van der Waals surface area contributed by atoms with Crippen molar-refractivity contribution in [1.29, 1.82) is 0 Å². The maximum atomic E-state index is 12.8. The second-order valence-corrected chi connectivity index (χ2v) is 6.27. The summed E-state index contributed by atoms with van der Waals surface area (Å²) in [4.78, 5) is 3.95. The van der Waals surface area contributed by atoms with Crippen molar-refractivity contribution < 1.29 is 17.9 Å². The zero-order valence-electron chi connectivity index (χ0n) is 12.4. The summed E-state index contributed by atoms with van der Waals surface area (Å²) in [5.41, 5.74) is 2.30. The fourth-order valence-electron chi connectivity index (χ4n) is 1.92. The van der Waals surface area contributed by atoms with E-state index in [9.17, 15) is 8.42 Å². The largest absolute Gasteiger partial charge is 0.383 e. The number of hydrazine groups is 1. The highest BCUT2D eigenvalue weighted by Crippen LogP contribution is 2.23. The van der Waals surface area contributed by atoms with Crippen molar-refractivity contribution in [1.82, 2.24) is 9.29 Å². The molecule has 0 aliphatic carbocycles. The Balaban J connectivity index is 3.19. The Hall–Kier alpha value is -1.26. The molecule has 0 aromatic carbocycles. The number of aromatic nitrogens is 1. The van der Waals surface area contributed by atoms with Crippen LogP contribution in [-0.4, -0.2) is 57.7 Å². The molecule has 1 heterocycles. The van der Waals surface area contributed by atoms with Gasteiger partial charge in [0.15, 0.2) is 5.82 Å². The molecule has 0 fully saturated rings. The molecule has 9 heteroatoms. The number of nitrogens with one attached hydrogen (secondary N) is 1. The minimum absolute atomic E-state index is 0.0200. The third-order valence-electron chi connectivity index (χ3n) is 2.91. The molecule has 0 spiro atoms. The van der Waals surface area contributed by atoms with Crippen LogP contribution in [0.4, 0.5) is 5.82 Å². The zero-order chi connectivity index (χ0) is 15.9. The Labute approximate surface area is 125 Å². The number of sulfonamides is 1. The van der Waals surface area contributed by atoms with Crippen molar-refractivity contribution in [3.05, 3.63) is 18.3 Å². The molecule has 3 N–H and O–H groups in total. The number of hydrogen-bond donors (Lipinski definition) is 2. The first-order valence-corrected chi connectivity index (χ1v) is 7.84. The summed E-state index contributed by atoms with van der Waals surface area (Å²) in [6.07, 6.45) is 1.46. The minimum Gasteiger partial charge on any atom is -0.383 e. The smallest absolute Gasteiger partial charge is 0.247 e. The van der Waals surface area contributed by atoms with Crippen LogP contribution in [0.1, 0.15) is 6.92 Å². The molecular weight excluding hydrogens is 296 g/mol. The fraction of sp³-hybridized carbons (Fsp3) is 0.583. The second-order valence-electron chi connectivity index (χ2n) is 4.41. The number of hydrogen-bond acceptors (Lipinski definition) is 7. The van der Waals surface area contributed by atoms with Crippen LogP contribution < -0.4 is 11.3 Å². The summed E-state index contributed by atoms with van der Waals surface area (Å²) < 4.78 is 37.0. The molecule has 1 aromatic rings. The molecule has 0 aliphatic heterocycles. The van der Waals surface area contributed by atoms with E-state index in [0.717, 1.165) is 0 Å². The highest BCUT2D eigenvalue weighted by molar-refractivity contribution is 7.89. The Morgan fingerprint density at radius 1 is 1.43 bits per heavy atom. The molecule has 1 unspecified atom stereocenters. The van der Waals surface area contributed by atoms with E-state index in [1.165, 1.54) is 30.8 Å². The molecule has 1 aromatic heterocycles. The molecular formula is C12H22N4O4S. The number of methoxy groups -OCH3 is 2. The highest BCUT2D eigenvalue weighted by Gasteiger charge is 2.31. The average Bonchev–Trinajstić information content (AvgIpc) is 2.47. The van der Waals surface area contributed by atoms with E-state index in [1.54, 1.807) is 13.0 Å². The van der Waals surface area contributed by atoms with Gasteiger partial charge in [0.2, 0.25) is 10.0 Å². The van der Waals surface area contributed by atoms with Gasteiger partial charge in [0.25, 0.3) is 0 Å². The number of pyridine rings is 1. The van der Waals surface area contributed by atoms with Crippen LogP contribution in [0.15, 0.2) is 23.2 Å². The van der Waals surface area contributed by atoms with Crippen molar-refractivity contribution in [2.24, 2.45) is 5.84 Å². The SMILES string of the molecule is COCCN(C(C)COC)S(=O)(=O)c1cccnc1NN. The molecule has 21 heavy (non-hydrogen) atoms. The van der Waals surface area contributed by atoms with Crippen LogP contribution in [0.5, 0.6) is 0 Å². The first-order valence-electron chi connectivity index (χ1n) is 6.40. The van der Waals surface area contributed by atoms with E-state index in [0.29, 0.717) is 0 Å². The van der Waals surface area contributed by atoms with Crippen LogP contribution in [0.25, 0.3) is 0 Å². The standard InChI is InChI=1S/C12H22N4O4S/c1-10(9-20-3)16(7-8-19-2)21(17,18)11-5-4-6-14-12(11)15-13/h4-6,10H,7-9,13H2,1-3H3,(H,14,15). The van der Waals surface area contributed by atoms with Crippen molar-refractivity contribution in [2.75, 3.05) is 39.4 Å². The molecule has 0 bridgehead atoms. The normalized spacial score (nSPS) is 13.4. The Bertz CT molecular complexity index is 538. The van der Waals surface area contributed by atoms with Crippen LogP contribution in [0, 0.1) is 0 Å². The van der Waals surface area contributed by atoms with Crippen LogP contribution in [0.3, 0.4) is 0 Å². The van der Waals surface area contributed by atoms with E-state index in [4.69, 9.17) is 15.3 Å². The zero-order valence-corrected chi connectivity index (χ0v) is 13.3. The third kappa shape index (κ3) is 4.35. The van der Waals surface area contributed by atoms with Gasteiger partial charge >= 0.3 is 0 Å². The summed E-state index contributed by atoms with van der Waals surface area (Å²) in [7, 11) is -0.730. The van der Waals surface area contributed by atoms with Crippen molar-refractivity contribution >= 4 is 15.8 Å². The van der Waals surface area contributed by atoms with Gasteiger partial charge in [-0.05, 0) is 19.1 Å². The topological polar surface area (TPSA) is 107 Å². The minimum atomic E-state index is -3.77. The molecule has 0 radical (unpaired) electrons. The van der Waals surface area contributed by atoms with Gasteiger partial charge in [-0.3, -0.25) is 0 Å². The molecule has 0 amide bonds.